The Bertz CT molecular complexity index is 708. The maximum atomic E-state index is 12.1. The molecule has 0 bridgehead atoms. The summed E-state index contributed by atoms with van der Waals surface area (Å²) in [5.41, 5.74) is 2.22. The van der Waals surface area contributed by atoms with Crippen LogP contribution in [0.3, 0.4) is 0 Å². The van der Waals surface area contributed by atoms with E-state index < -0.39 is 12.1 Å². The Balaban J connectivity index is 1.94. The molecule has 0 aliphatic rings. The molecule has 0 saturated heterocycles. The molecule has 0 spiro atoms. The van der Waals surface area contributed by atoms with E-state index in [9.17, 15) is 9.59 Å². The molecule has 0 saturated carbocycles. The van der Waals surface area contributed by atoms with E-state index in [1.165, 1.54) is 0 Å². The summed E-state index contributed by atoms with van der Waals surface area (Å²) < 4.78 is 6.16. The number of hydrogen-bond acceptors (Lipinski definition) is 3. The van der Waals surface area contributed by atoms with Gasteiger partial charge in [-0.2, -0.15) is 0 Å². The second-order valence-corrected chi connectivity index (χ2v) is 6.74. The van der Waals surface area contributed by atoms with Crippen molar-refractivity contribution in [1.29, 1.82) is 0 Å². The van der Waals surface area contributed by atoms with Crippen molar-refractivity contribution in [3.8, 4) is 0 Å². The Morgan fingerprint density at radius 2 is 1.54 bits per heavy atom. The lowest BCUT2D eigenvalue weighted by atomic mass is 10.0. The third-order valence-electron chi connectivity index (χ3n) is 3.58. The third kappa shape index (κ3) is 4.93. The molecular formula is C19H20BrNO3. The molecule has 1 atom stereocenters. The molecule has 5 heteroatoms. The lowest BCUT2D eigenvalue weighted by Crippen LogP contribution is -2.30. The van der Waals surface area contributed by atoms with Crippen LogP contribution >= 0.6 is 15.9 Å². The van der Waals surface area contributed by atoms with Crippen molar-refractivity contribution in [1.82, 2.24) is 0 Å². The van der Waals surface area contributed by atoms with Crippen LogP contribution in [0.4, 0.5) is 5.69 Å². The van der Waals surface area contributed by atoms with Crippen LogP contribution in [0, 0.1) is 0 Å². The van der Waals surface area contributed by atoms with E-state index in [2.05, 4.69) is 35.1 Å². The van der Waals surface area contributed by atoms with Gasteiger partial charge in [-0.3, -0.25) is 4.79 Å². The van der Waals surface area contributed by atoms with Gasteiger partial charge in [-0.1, -0.05) is 41.9 Å². The maximum Gasteiger partial charge on any atom is 0.338 e. The summed E-state index contributed by atoms with van der Waals surface area (Å²) in [5, 5.41) is 2.71. The molecule has 126 valence electrons. The molecule has 0 aromatic heterocycles. The number of carbonyl (C=O) groups excluding carboxylic acids is 2. The van der Waals surface area contributed by atoms with E-state index in [1.54, 1.807) is 31.2 Å². The van der Waals surface area contributed by atoms with Gasteiger partial charge in [0, 0.05) is 10.2 Å². The minimum absolute atomic E-state index is 0.371. The highest BCUT2D eigenvalue weighted by Crippen LogP contribution is 2.17. The molecule has 0 heterocycles. The van der Waals surface area contributed by atoms with Gasteiger partial charge in [-0.25, -0.2) is 4.79 Å². The first kappa shape index (κ1) is 18.2. The lowest BCUT2D eigenvalue weighted by molar-refractivity contribution is -0.123. The zero-order chi connectivity index (χ0) is 17.7. The smallest absolute Gasteiger partial charge is 0.338 e. The van der Waals surface area contributed by atoms with Gasteiger partial charge >= 0.3 is 5.97 Å². The van der Waals surface area contributed by atoms with Gasteiger partial charge in [0.05, 0.1) is 5.56 Å². The topological polar surface area (TPSA) is 55.4 Å². The summed E-state index contributed by atoms with van der Waals surface area (Å²) >= 11 is 3.33. The van der Waals surface area contributed by atoms with Gasteiger partial charge in [0.15, 0.2) is 6.10 Å². The van der Waals surface area contributed by atoms with Crippen LogP contribution in [0.1, 0.15) is 42.6 Å². The molecule has 0 fully saturated rings. The van der Waals surface area contributed by atoms with Crippen molar-refractivity contribution in [2.45, 2.75) is 32.8 Å². The normalized spacial score (nSPS) is 11.9. The van der Waals surface area contributed by atoms with E-state index in [0.717, 1.165) is 10.0 Å². The summed E-state index contributed by atoms with van der Waals surface area (Å²) in [6.45, 7) is 5.72. The van der Waals surface area contributed by atoms with Crippen molar-refractivity contribution < 1.29 is 14.3 Å². The lowest BCUT2D eigenvalue weighted by Gasteiger charge is -2.14. The zero-order valence-electron chi connectivity index (χ0n) is 13.9. The van der Waals surface area contributed by atoms with Crippen molar-refractivity contribution in [3.63, 3.8) is 0 Å². The first-order valence-corrected chi connectivity index (χ1v) is 8.53. The zero-order valence-corrected chi connectivity index (χ0v) is 15.5. The van der Waals surface area contributed by atoms with Crippen molar-refractivity contribution >= 4 is 33.5 Å². The first-order valence-electron chi connectivity index (χ1n) is 7.74. The number of amides is 1. The monoisotopic (exact) mass is 389 g/mol. The third-order valence-corrected chi connectivity index (χ3v) is 4.11. The predicted molar refractivity (Wildman–Crippen MR) is 98.2 cm³/mol. The predicted octanol–water partition coefficient (Wildman–Crippen LogP) is 4.76. The fourth-order valence-electron chi connectivity index (χ4n) is 2.06. The molecule has 0 unspecified atom stereocenters. The number of nitrogens with one attached hydrogen (secondary N) is 1. The molecular weight excluding hydrogens is 370 g/mol. The van der Waals surface area contributed by atoms with Gasteiger partial charge in [-0.15, -0.1) is 0 Å². The van der Waals surface area contributed by atoms with Crippen LogP contribution in [0.5, 0.6) is 0 Å². The average Bonchev–Trinajstić information content (AvgIpc) is 2.56. The second kappa shape index (κ2) is 8.11. The highest BCUT2D eigenvalue weighted by Gasteiger charge is 2.19. The summed E-state index contributed by atoms with van der Waals surface area (Å²) in [6, 6.07) is 14.4. The molecule has 4 nitrogen and oxygen atoms in total. The minimum Gasteiger partial charge on any atom is -0.449 e. The van der Waals surface area contributed by atoms with Gasteiger partial charge < -0.3 is 10.1 Å². The summed E-state index contributed by atoms with van der Waals surface area (Å²) in [5.74, 6) is -0.487. The number of hydrogen-bond donors (Lipinski definition) is 1. The van der Waals surface area contributed by atoms with E-state index in [1.807, 2.05) is 24.3 Å². The highest BCUT2D eigenvalue weighted by molar-refractivity contribution is 9.10. The van der Waals surface area contributed by atoms with Gasteiger partial charge in [0.25, 0.3) is 5.91 Å². The molecule has 0 radical (unpaired) electrons. The molecule has 1 N–H and O–H groups in total. The van der Waals surface area contributed by atoms with E-state index in [0.29, 0.717) is 17.2 Å². The standard InChI is InChI=1S/C19H20BrNO3/c1-12(2)14-4-6-15(7-5-14)19(23)24-13(3)18(22)21-17-10-8-16(20)9-11-17/h4-13H,1-3H3,(H,21,22)/t13-/m1/s1. The fraction of sp³-hybridized carbons (Fsp3) is 0.263. The Labute approximate surface area is 150 Å². The van der Waals surface area contributed by atoms with Crippen LogP contribution in [0.2, 0.25) is 0 Å². The number of rotatable bonds is 5. The van der Waals surface area contributed by atoms with Crippen molar-refractivity contribution in [3.05, 3.63) is 64.1 Å². The van der Waals surface area contributed by atoms with Crippen LogP contribution < -0.4 is 5.32 Å². The second-order valence-electron chi connectivity index (χ2n) is 5.82. The van der Waals surface area contributed by atoms with Gasteiger partial charge in [0.1, 0.15) is 0 Å². The van der Waals surface area contributed by atoms with Crippen LogP contribution in [-0.4, -0.2) is 18.0 Å². The van der Waals surface area contributed by atoms with Crippen LogP contribution in [0.25, 0.3) is 0 Å². The molecule has 2 rings (SSSR count). The number of carbonyl (C=O) groups is 2. The molecule has 0 aliphatic heterocycles. The number of esters is 1. The molecule has 1 amide bonds. The quantitative estimate of drug-likeness (QED) is 0.750. The molecule has 24 heavy (non-hydrogen) atoms. The summed E-state index contributed by atoms with van der Waals surface area (Å²) in [4.78, 5) is 24.2. The highest BCUT2D eigenvalue weighted by atomic mass is 79.9. The Morgan fingerprint density at radius 1 is 0.958 bits per heavy atom. The van der Waals surface area contributed by atoms with Crippen molar-refractivity contribution in [2.24, 2.45) is 0 Å². The number of anilines is 1. The Morgan fingerprint density at radius 3 is 2.08 bits per heavy atom. The van der Waals surface area contributed by atoms with Crippen molar-refractivity contribution in [2.75, 3.05) is 5.32 Å². The summed E-state index contributed by atoms with van der Waals surface area (Å²) in [6.07, 6.45) is -0.883. The molecule has 2 aromatic carbocycles. The Hall–Kier alpha value is -2.14. The largest absolute Gasteiger partial charge is 0.449 e. The SMILES string of the molecule is CC(C)c1ccc(C(=O)O[C@H](C)C(=O)Nc2ccc(Br)cc2)cc1. The van der Waals surface area contributed by atoms with Crippen LogP contribution in [-0.2, 0) is 9.53 Å². The number of benzene rings is 2. The van der Waals surface area contributed by atoms with E-state index in [4.69, 9.17) is 4.74 Å². The van der Waals surface area contributed by atoms with E-state index in [-0.39, 0.29) is 5.91 Å². The minimum atomic E-state index is -0.883. The van der Waals surface area contributed by atoms with Crippen LogP contribution in [0.15, 0.2) is 53.0 Å². The Kier molecular flexibility index (Phi) is 6.15. The molecule has 0 aliphatic carbocycles. The number of ether oxygens (including phenoxy) is 1. The molecule has 2 aromatic rings. The van der Waals surface area contributed by atoms with Gasteiger partial charge in [-0.05, 0) is 54.8 Å². The van der Waals surface area contributed by atoms with Gasteiger partial charge in [0.2, 0.25) is 0 Å². The first-order chi connectivity index (χ1) is 11.4. The average molecular weight is 390 g/mol. The fourth-order valence-corrected chi connectivity index (χ4v) is 2.33. The maximum absolute atomic E-state index is 12.1. The number of halogens is 1. The van der Waals surface area contributed by atoms with E-state index >= 15 is 0 Å². The summed E-state index contributed by atoms with van der Waals surface area (Å²) in [7, 11) is 0.